The largest absolute Gasteiger partial charge is 0.472 e. The molecule has 4 atom stereocenters. The smallest absolute Gasteiger partial charge is 0.462 e. The lowest BCUT2D eigenvalue weighted by atomic mass is 10.0. The summed E-state index contributed by atoms with van der Waals surface area (Å²) in [5.74, 6) is -1.01. The molecule has 4 N–H and O–H groups in total. The molecule has 0 aromatic rings. The van der Waals surface area contributed by atoms with Crippen molar-refractivity contribution in [3.8, 4) is 0 Å². The fourth-order valence-electron chi connectivity index (χ4n) is 5.39. The fourth-order valence-corrected chi connectivity index (χ4v) is 6.18. The van der Waals surface area contributed by atoms with E-state index in [9.17, 15) is 29.3 Å². The predicted molar refractivity (Wildman–Crippen MR) is 225 cm³/mol. The first kappa shape index (κ1) is 53.6. The van der Waals surface area contributed by atoms with Gasteiger partial charge in [-0.3, -0.25) is 18.6 Å². The molecule has 0 aliphatic heterocycles. The summed E-state index contributed by atoms with van der Waals surface area (Å²) < 4.78 is 32.6. The molecule has 12 heteroatoms. The van der Waals surface area contributed by atoms with Gasteiger partial charge in [-0.15, -0.1) is 0 Å². The molecule has 56 heavy (non-hydrogen) atoms. The second kappa shape index (κ2) is 39.5. The number of carbonyl (C=O) groups is 2. The van der Waals surface area contributed by atoms with Crippen LogP contribution in [0, 0.1) is 0 Å². The highest BCUT2D eigenvalue weighted by atomic mass is 31.2. The highest BCUT2D eigenvalue weighted by Gasteiger charge is 2.27. The molecule has 0 fully saturated rings. The second-order valence-electron chi connectivity index (χ2n) is 14.2. The Morgan fingerprint density at radius 2 is 1.11 bits per heavy atom. The van der Waals surface area contributed by atoms with E-state index in [4.69, 9.17) is 19.1 Å². The normalized spacial score (nSPS) is 15.0. The molecule has 0 aliphatic carbocycles. The Morgan fingerprint density at radius 3 is 1.66 bits per heavy atom. The van der Waals surface area contributed by atoms with Gasteiger partial charge in [0.25, 0.3) is 0 Å². The number of rotatable bonds is 39. The Bertz CT molecular complexity index is 1130. The highest BCUT2D eigenvalue weighted by molar-refractivity contribution is 7.47. The van der Waals surface area contributed by atoms with E-state index < -0.39 is 51.8 Å². The van der Waals surface area contributed by atoms with Crippen LogP contribution in [-0.2, 0) is 32.7 Å². The molecule has 0 spiro atoms. The van der Waals surface area contributed by atoms with Crippen LogP contribution in [0.2, 0.25) is 0 Å². The maximum absolute atomic E-state index is 12.6. The average molecular weight is 813 g/mol. The van der Waals surface area contributed by atoms with E-state index >= 15 is 0 Å². The summed E-state index contributed by atoms with van der Waals surface area (Å²) in [6, 6.07) is 0. The van der Waals surface area contributed by atoms with Crippen LogP contribution in [0.5, 0.6) is 0 Å². The van der Waals surface area contributed by atoms with Gasteiger partial charge >= 0.3 is 19.8 Å². The van der Waals surface area contributed by atoms with Gasteiger partial charge in [-0.1, -0.05) is 164 Å². The zero-order valence-corrected chi connectivity index (χ0v) is 35.6. The fraction of sp³-hybridized carbons (Fsp3) is 0.727. The highest BCUT2D eigenvalue weighted by Crippen LogP contribution is 2.43. The van der Waals surface area contributed by atoms with Crippen LogP contribution in [0.25, 0.3) is 0 Å². The van der Waals surface area contributed by atoms with Gasteiger partial charge in [0.05, 0.1) is 25.9 Å². The van der Waals surface area contributed by atoms with Crippen molar-refractivity contribution in [3.05, 3.63) is 60.8 Å². The third-order valence-corrected chi connectivity index (χ3v) is 9.79. The van der Waals surface area contributed by atoms with Crippen molar-refractivity contribution < 1.29 is 52.9 Å². The molecule has 11 nitrogen and oxygen atoms in total. The number of aliphatic hydroxyl groups is 3. The summed E-state index contributed by atoms with van der Waals surface area (Å²) in [6.07, 6.45) is 40.0. The van der Waals surface area contributed by atoms with Crippen molar-refractivity contribution in [2.24, 2.45) is 0 Å². The van der Waals surface area contributed by atoms with Crippen LogP contribution in [0.4, 0.5) is 0 Å². The zero-order valence-electron chi connectivity index (χ0n) is 34.7. The minimum atomic E-state index is -4.64. The number of allylic oxidation sites excluding steroid dienone is 9. The van der Waals surface area contributed by atoms with Crippen molar-refractivity contribution >= 4 is 19.8 Å². The standard InChI is InChI=1S/C44H77O11P/c1-3-5-6-7-8-9-10-11-12-17-20-23-26-29-32-35-44(49)55-42(39-54-56(50,51)53-37-41(47)36-45)38-52-43(48)34-31-28-25-22-19-16-14-13-15-18-21-24-27-30-33-40(46)4-2/h14-16,18,22,24-25,27,30,33,40-42,45-47H,3-13,17,19-21,23,26,28-29,31-32,34-39H2,1-2H3,(H,50,51)/b16-14-,18-15-,25-22-,27-24-,33-30+/t40-,41-,42+/m0/s1. The van der Waals surface area contributed by atoms with Crippen LogP contribution >= 0.6 is 7.82 Å². The molecule has 0 radical (unpaired) electrons. The molecule has 0 amide bonds. The Balaban J connectivity index is 4.41. The van der Waals surface area contributed by atoms with Gasteiger partial charge in [0.1, 0.15) is 12.7 Å². The molecule has 0 heterocycles. The van der Waals surface area contributed by atoms with Gasteiger partial charge < -0.3 is 29.7 Å². The van der Waals surface area contributed by atoms with E-state index in [-0.39, 0.29) is 25.6 Å². The topological polar surface area (TPSA) is 169 Å². The monoisotopic (exact) mass is 813 g/mol. The maximum atomic E-state index is 12.6. The van der Waals surface area contributed by atoms with Gasteiger partial charge in [0, 0.05) is 12.8 Å². The van der Waals surface area contributed by atoms with Gasteiger partial charge in [0.15, 0.2) is 6.10 Å². The van der Waals surface area contributed by atoms with E-state index in [1.807, 2.05) is 37.3 Å². The molecule has 0 rings (SSSR count). The number of aliphatic hydroxyl groups excluding tert-OH is 3. The Hall–Kier alpha value is -2.37. The third kappa shape index (κ3) is 38.5. The molecule has 0 aromatic heterocycles. The molecular formula is C44H77O11P. The molecule has 0 saturated heterocycles. The number of hydrogen-bond acceptors (Lipinski definition) is 10. The molecule has 324 valence electrons. The minimum absolute atomic E-state index is 0.149. The number of ether oxygens (including phenoxy) is 2. The first-order valence-corrected chi connectivity index (χ1v) is 22.8. The molecule has 0 bridgehead atoms. The third-order valence-electron chi connectivity index (χ3n) is 8.84. The van der Waals surface area contributed by atoms with Gasteiger partial charge in [0.2, 0.25) is 0 Å². The van der Waals surface area contributed by atoms with E-state index in [2.05, 4.69) is 35.8 Å². The van der Waals surface area contributed by atoms with E-state index in [1.54, 1.807) is 6.08 Å². The predicted octanol–water partition coefficient (Wildman–Crippen LogP) is 10.1. The summed E-state index contributed by atoms with van der Waals surface area (Å²) in [5, 5.41) is 27.8. The van der Waals surface area contributed by atoms with Crippen LogP contribution in [-0.4, -0.2) is 76.9 Å². The lowest BCUT2D eigenvalue weighted by Crippen LogP contribution is -2.29. The van der Waals surface area contributed by atoms with Crippen molar-refractivity contribution in [1.82, 2.24) is 0 Å². The average Bonchev–Trinajstić information content (AvgIpc) is 3.19. The lowest BCUT2D eigenvalue weighted by molar-refractivity contribution is -0.161. The van der Waals surface area contributed by atoms with Gasteiger partial charge in [-0.2, -0.15) is 0 Å². The quantitative estimate of drug-likeness (QED) is 0.0153. The van der Waals surface area contributed by atoms with Crippen LogP contribution < -0.4 is 0 Å². The lowest BCUT2D eigenvalue weighted by Gasteiger charge is -2.20. The Kier molecular flexibility index (Phi) is 37.8. The molecule has 0 aliphatic rings. The van der Waals surface area contributed by atoms with Gasteiger partial charge in [-0.05, 0) is 44.9 Å². The Morgan fingerprint density at radius 1 is 0.607 bits per heavy atom. The number of carbonyl (C=O) groups excluding carboxylic acids is 2. The minimum Gasteiger partial charge on any atom is -0.462 e. The summed E-state index contributed by atoms with van der Waals surface area (Å²) in [7, 11) is -4.64. The van der Waals surface area contributed by atoms with Gasteiger partial charge in [-0.25, -0.2) is 4.57 Å². The zero-order chi connectivity index (χ0) is 41.4. The Labute approximate surface area is 338 Å². The van der Waals surface area contributed by atoms with Crippen molar-refractivity contribution in [3.63, 3.8) is 0 Å². The van der Waals surface area contributed by atoms with Crippen LogP contribution in [0.3, 0.4) is 0 Å². The number of phosphoric acid groups is 1. The van der Waals surface area contributed by atoms with Crippen LogP contribution in [0.1, 0.15) is 162 Å². The van der Waals surface area contributed by atoms with Crippen molar-refractivity contribution in [2.75, 3.05) is 26.4 Å². The molecule has 1 unspecified atom stereocenters. The SMILES string of the molecule is CCCCCCCCCCCCCCCCCC(=O)O[C@H](COC(=O)CCC/C=C\C/C=C\C/C=C\C/C=C\C=C\[C@@H](O)CC)COP(=O)(O)OC[C@@H](O)CO. The summed E-state index contributed by atoms with van der Waals surface area (Å²) in [5.41, 5.74) is 0. The first-order valence-electron chi connectivity index (χ1n) is 21.4. The number of hydrogen-bond donors (Lipinski definition) is 4. The number of phosphoric ester groups is 1. The molecule has 0 aromatic carbocycles. The summed E-state index contributed by atoms with van der Waals surface area (Å²) in [6.45, 7) is 1.97. The summed E-state index contributed by atoms with van der Waals surface area (Å²) >= 11 is 0. The second-order valence-corrected chi connectivity index (χ2v) is 15.6. The van der Waals surface area contributed by atoms with Crippen molar-refractivity contribution in [2.45, 2.75) is 180 Å². The van der Waals surface area contributed by atoms with Crippen molar-refractivity contribution in [1.29, 1.82) is 0 Å². The van der Waals surface area contributed by atoms with Crippen LogP contribution in [0.15, 0.2) is 60.8 Å². The maximum Gasteiger partial charge on any atom is 0.472 e. The molecule has 0 saturated carbocycles. The van der Waals surface area contributed by atoms with E-state index in [1.165, 1.54) is 70.6 Å². The molecular weight excluding hydrogens is 735 g/mol. The van der Waals surface area contributed by atoms with E-state index in [0.29, 0.717) is 25.7 Å². The summed E-state index contributed by atoms with van der Waals surface area (Å²) in [4.78, 5) is 34.9. The number of unbranched alkanes of at least 4 members (excludes halogenated alkanes) is 15. The number of esters is 2. The van der Waals surface area contributed by atoms with E-state index in [0.717, 1.165) is 38.5 Å². The first-order chi connectivity index (χ1) is 27.1.